The normalized spacial score (nSPS) is 26.5. The third-order valence-electron chi connectivity index (χ3n) is 5.27. The SMILES string of the molecule is O=C(OC[C@H]1CN2CCC1CC2)C(O)(c1cccs1)c1cccs1. The van der Waals surface area contributed by atoms with Gasteiger partial charge in [0.15, 0.2) is 0 Å². The Kier molecular flexibility index (Phi) is 4.47. The van der Waals surface area contributed by atoms with Crippen molar-refractivity contribution in [3.8, 4) is 0 Å². The summed E-state index contributed by atoms with van der Waals surface area (Å²) in [5, 5.41) is 14.9. The van der Waals surface area contributed by atoms with Crippen LogP contribution in [0.2, 0.25) is 0 Å². The van der Waals surface area contributed by atoms with E-state index in [1.165, 1.54) is 48.6 Å². The first-order chi connectivity index (χ1) is 11.7. The Labute approximate surface area is 149 Å². The molecule has 0 saturated carbocycles. The van der Waals surface area contributed by atoms with Gasteiger partial charge >= 0.3 is 5.97 Å². The second-order valence-electron chi connectivity index (χ2n) is 6.66. The minimum absolute atomic E-state index is 0.396. The molecular weight excluding hydrogens is 342 g/mol. The molecule has 128 valence electrons. The Morgan fingerprint density at radius 1 is 1.21 bits per heavy atom. The van der Waals surface area contributed by atoms with Crippen LogP contribution in [0.3, 0.4) is 0 Å². The maximum absolute atomic E-state index is 12.8. The summed E-state index contributed by atoms with van der Waals surface area (Å²) in [5.74, 6) is 0.496. The lowest BCUT2D eigenvalue weighted by atomic mass is 9.79. The van der Waals surface area contributed by atoms with E-state index in [0.29, 0.717) is 28.2 Å². The first-order valence-electron chi connectivity index (χ1n) is 8.38. The molecule has 2 aromatic rings. The lowest BCUT2D eigenvalue weighted by Crippen LogP contribution is -2.49. The van der Waals surface area contributed by atoms with Gasteiger partial charge in [0, 0.05) is 12.5 Å². The number of piperidine rings is 3. The van der Waals surface area contributed by atoms with Gasteiger partial charge in [-0.25, -0.2) is 4.79 Å². The van der Waals surface area contributed by atoms with E-state index in [2.05, 4.69) is 4.90 Å². The van der Waals surface area contributed by atoms with Gasteiger partial charge in [0.1, 0.15) is 0 Å². The lowest BCUT2D eigenvalue weighted by molar-refractivity contribution is -0.165. The molecule has 5 rings (SSSR count). The van der Waals surface area contributed by atoms with Crippen molar-refractivity contribution in [3.63, 3.8) is 0 Å². The molecule has 1 atom stereocenters. The highest BCUT2D eigenvalue weighted by molar-refractivity contribution is 7.12. The number of thiophene rings is 2. The molecule has 0 aliphatic carbocycles. The topological polar surface area (TPSA) is 49.8 Å². The zero-order valence-corrected chi connectivity index (χ0v) is 15.0. The van der Waals surface area contributed by atoms with E-state index >= 15 is 0 Å². The maximum Gasteiger partial charge on any atom is 0.349 e. The summed E-state index contributed by atoms with van der Waals surface area (Å²) in [6.45, 7) is 3.75. The van der Waals surface area contributed by atoms with Crippen LogP contribution < -0.4 is 0 Å². The Bertz CT molecular complexity index is 641. The molecule has 0 spiro atoms. The van der Waals surface area contributed by atoms with E-state index in [9.17, 15) is 9.90 Å². The van der Waals surface area contributed by atoms with E-state index in [4.69, 9.17) is 4.74 Å². The molecule has 6 heteroatoms. The molecule has 1 N–H and O–H groups in total. The van der Waals surface area contributed by atoms with Crippen LogP contribution in [0, 0.1) is 11.8 Å². The fraction of sp³-hybridized carbons (Fsp3) is 0.500. The van der Waals surface area contributed by atoms with Gasteiger partial charge in [-0.05, 0) is 54.7 Å². The van der Waals surface area contributed by atoms with Crippen molar-refractivity contribution in [1.29, 1.82) is 0 Å². The number of carbonyl (C=O) groups excluding carboxylic acids is 1. The van der Waals surface area contributed by atoms with Crippen molar-refractivity contribution < 1.29 is 14.6 Å². The van der Waals surface area contributed by atoms with Gasteiger partial charge < -0.3 is 14.7 Å². The second kappa shape index (κ2) is 6.59. The minimum atomic E-state index is -1.68. The Balaban J connectivity index is 1.50. The number of fused-ring (bicyclic) bond motifs is 3. The van der Waals surface area contributed by atoms with Gasteiger partial charge in [-0.1, -0.05) is 12.1 Å². The van der Waals surface area contributed by atoms with Crippen molar-refractivity contribution in [2.45, 2.75) is 18.4 Å². The van der Waals surface area contributed by atoms with Crippen LogP contribution in [0.4, 0.5) is 0 Å². The molecule has 0 radical (unpaired) electrons. The van der Waals surface area contributed by atoms with E-state index in [0.717, 1.165) is 6.54 Å². The fourth-order valence-corrected chi connectivity index (χ4v) is 5.57. The number of nitrogens with zero attached hydrogens (tertiary/aromatic N) is 1. The van der Waals surface area contributed by atoms with Gasteiger partial charge in [0.05, 0.1) is 16.4 Å². The molecule has 3 aliphatic heterocycles. The molecule has 0 aromatic carbocycles. The predicted molar refractivity (Wildman–Crippen MR) is 95.2 cm³/mol. The zero-order valence-electron chi connectivity index (χ0n) is 13.4. The molecular formula is C18H21NO3S2. The van der Waals surface area contributed by atoms with Gasteiger partial charge in [-0.3, -0.25) is 0 Å². The standard InChI is InChI=1S/C18H21NO3S2/c20-17(22-12-14-11-19-7-5-13(14)6-8-19)18(21,15-3-1-9-23-15)16-4-2-10-24-16/h1-4,9-10,13-14,21H,5-8,11-12H2/t14-/m1/s1. The van der Waals surface area contributed by atoms with Gasteiger partial charge in [-0.15, -0.1) is 22.7 Å². The number of hydrogen-bond acceptors (Lipinski definition) is 6. The van der Waals surface area contributed by atoms with Crippen molar-refractivity contribution in [1.82, 2.24) is 4.90 Å². The van der Waals surface area contributed by atoms with Gasteiger partial charge in [-0.2, -0.15) is 0 Å². The highest BCUT2D eigenvalue weighted by Crippen LogP contribution is 2.38. The highest BCUT2D eigenvalue weighted by atomic mass is 32.1. The molecule has 3 saturated heterocycles. The van der Waals surface area contributed by atoms with Crippen LogP contribution in [0.15, 0.2) is 35.0 Å². The van der Waals surface area contributed by atoms with E-state index in [1.54, 1.807) is 12.1 Å². The van der Waals surface area contributed by atoms with Crippen molar-refractivity contribution in [2.24, 2.45) is 11.8 Å². The molecule has 2 aromatic heterocycles. The van der Waals surface area contributed by atoms with Crippen LogP contribution in [0.25, 0.3) is 0 Å². The number of esters is 1. The van der Waals surface area contributed by atoms with Crippen molar-refractivity contribution >= 4 is 28.6 Å². The van der Waals surface area contributed by atoms with Crippen molar-refractivity contribution in [2.75, 3.05) is 26.2 Å². The van der Waals surface area contributed by atoms with Gasteiger partial charge in [0.2, 0.25) is 5.60 Å². The van der Waals surface area contributed by atoms with E-state index in [-0.39, 0.29) is 0 Å². The lowest BCUT2D eigenvalue weighted by Gasteiger charge is -2.44. The van der Waals surface area contributed by atoms with Crippen LogP contribution in [-0.4, -0.2) is 42.2 Å². The summed E-state index contributed by atoms with van der Waals surface area (Å²) in [5.41, 5.74) is -1.68. The first-order valence-corrected chi connectivity index (χ1v) is 10.1. The zero-order chi connectivity index (χ0) is 16.6. The fourth-order valence-electron chi connectivity index (χ4n) is 3.86. The molecule has 24 heavy (non-hydrogen) atoms. The number of hydrogen-bond donors (Lipinski definition) is 1. The van der Waals surface area contributed by atoms with Gasteiger partial charge in [0.25, 0.3) is 0 Å². The van der Waals surface area contributed by atoms with E-state index < -0.39 is 11.6 Å². The molecule has 0 amide bonds. The molecule has 5 heterocycles. The number of ether oxygens (including phenoxy) is 1. The van der Waals surface area contributed by atoms with Crippen LogP contribution in [0.5, 0.6) is 0 Å². The number of rotatable bonds is 5. The average molecular weight is 364 g/mol. The Hall–Kier alpha value is -1.21. The second-order valence-corrected chi connectivity index (χ2v) is 8.56. The maximum atomic E-state index is 12.8. The molecule has 3 aliphatic rings. The van der Waals surface area contributed by atoms with Crippen LogP contribution in [-0.2, 0) is 15.1 Å². The first kappa shape index (κ1) is 16.3. The molecule has 0 unspecified atom stereocenters. The molecule has 2 bridgehead atoms. The highest BCUT2D eigenvalue weighted by Gasteiger charge is 2.44. The van der Waals surface area contributed by atoms with E-state index in [1.807, 2.05) is 22.9 Å². The summed E-state index contributed by atoms with van der Waals surface area (Å²) in [6, 6.07) is 7.28. The minimum Gasteiger partial charge on any atom is -0.463 e. The summed E-state index contributed by atoms with van der Waals surface area (Å²) < 4.78 is 5.64. The summed E-state index contributed by atoms with van der Waals surface area (Å²) in [4.78, 5) is 16.5. The number of aliphatic hydroxyl groups is 1. The Morgan fingerprint density at radius 3 is 2.29 bits per heavy atom. The summed E-state index contributed by atoms with van der Waals surface area (Å²) in [6.07, 6.45) is 2.39. The Morgan fingerprint density at radius 2 is 1.83 bits per heavy atom. The van der Waals surface area contributed by atoms with Crippen LogP contribution >= 0.6 is 22.7 Å². The third-order valence-corrected chi connectivity index (χ3v) is 7.23. The summed E-state index contributed by atoms with van der Waals surface area (Å²) in [7, 11) is 0. The third kappa shape index (κ3) is 2.81. The monoisotopic (exact) mass is 363 g/mol. The smallest absolute Gasteiger partial charge is 0.349 e. The predicted octanol–water partition coefficient (Wildman–Crippen LogP) is 2.93. The molecule has 4 nitrogen and oxygen atoms in total. The largest absolute Gasteiger partial charge is 0.463 e. The summed E-state index contributed by atoms with van der Waals surface area (Å²) >= 11 is 2.76. The average Bonchev–Trinajstić information content (AvgIpc) is 3.33. The number of carbonyl (C=O) groups is 1. The quantitative estimate of drug-likeness (QED) is 0.830. The van der Waals surface area contributed by atoms with Crippen LogP contribution in [0.1, 0.15) is 22.6 Å². The molecule has 3 fully saturated rings. The van der Waals surface area contributed by atoms with Crippen molar-refractivity contribution in [3.05, 3.63) is 44.8 Å².